The number of halogens is 1. The van der Waals surface area contributed by atoms with Crippen molar-refractivity contribution in [1.82, 2.24) is 4.40 Å². The Labute approximate surface area is 172 Å². The van der Waals surface area contributed by atoms with E-state index >= 15 is 0 Å². The Morgan fingerprint density at radius 1 is 0.964 bits per heavy atom. The van der Waals surface area contributed by atoms with Crippen LogP contribution in [-0.4, -0.2) is 10.7 Å². The van der Waals surface area contributed by atoms with Gasteiger partial charge in [0.05, 0.1) is 5.69 Å². The quantitative estimate of drug-likeness (QED) is 0.333. The van der Waals surface area contributed by atoms with Crippen LogP contribution in [0.4, 0.5) is 0 Å². The van der Waals surface area contributed by atoms with Crippen LogP contribution in [0.5, 0.6) is 5.75 Å². The number of nitrogens with zero attached hydrogens (tertiary/aromatic N) is 1. The third-order valence-electron chi connectivity index (χ3n) is 4.86. The third kappa shape index (κ3) is 3.60. The van der Waals surface area contributed by atoms with Crippen LogP contribution in [0.1, 0.15) is 28.5 Å². The van der Waals surface area contributed by atoms with E-state index in [-0.39, 0.29) is 0 Å². The first-order valence-corrected chi connectivity index (χ1v) is 10.0. The molecule has 0 atom stereocenters. The highest BCUT2D eigenvalue weighted by molar-refractivity contribution is 9.10. The van der Waals surface area contributed by atoms with Gasteiger partial charge in [-0.1, -0.05) is 59.3 Å². The van der Waals surface area contributed by atoms with Crippen molar-refractivity contribution >= 4 is 27.7 Å². The van der Waals surface area contributed by atoms with Gasteiger partial charge in [0.1, 0.15) is 12.4 Å². The summed E-state index contributed by atoms with van der Waals surface area (Å²) in [6.07, 6.45) is 3.87. The SMILES string of the molecule is CCc1ccc2cc(-c3cc(Br)ccc3OCc3ccccc3)c(C=O)n2c1. The third-order valence-corrected chi connectivity index (χ3v) is 5.35. The summed E-state index contributed by atoms with van der Waals surface area (Å²) in [4.78, 5) is 12.0. The molecule has 0 fully saturated rings. The van der Waals surface area contributed by atoms with Crippen molar-refractivity contribution in [2.24, 2.45) is 0 Å². The number of aromatic nitrogens is 1. The molecule has 4 rings (SSSR count). The van der Waals surface area contributed by atoms with E-state index < -0.39 is 0 Å². The second kappa shape index (κ2) is 8.03. The molecule has 4 aromatic rings. The van der Waals surface area contributed by atoms with Gasteiger partial charge in [-0.25, -0.2) is 0 Å². The Balaban J connectivity index is 1.80. The summed E-state index contributed by atoms with van der Waals surface area (Å²) in [7, 11) is 0. The largest absolute Gasteiger partial charge is 0.488 e. The molecule has 2 aromatic heterocycles. The van der Waals surface area contributed by atoms with E-state index in [1.54, 1.807) is 0 Å². The lowest BCUT2D eigenvalue weighted by atomic mass is 10.0. The molecule has 28 heavy (non-hydrogen) atoms. The van der Waals surface area contributed by atoms with E-state index in [1.165, 1.54) is 5.56 Å². The average Bonchev–Trinajstić information content (AvgIpc) is 3.11. The van der Waals surface area contributed by atoms with Crippen molar-refractivity contribution in [2.75, 3.05) is 0 Å². The molecule has 0 unspecified atom stereocenters. The lowest BCUT2D eigenvalue weighted by Gasteiger charge is -2.12. The molecule has 0 aliphatic heterocycles. The van der Waals surface area contributed by atoms with Crippen molar-refractivity contribution in [1.29, 1.82) is 0 Å². The van der Waals surface area contributed by atoms with Gasteiger partial charge in [0.25, 0.3) is 0 Å². The minimum atomic E-state index is 0.471. The van der Waals surface area contributed by atoms with Crippen molar-refractivity contribution in [3.63, 3.8) is 0 Å². The minimum absolute atomic E-state index is 0.471. The zero-order valence-corrected chi connectivity index (χ0v) is 17.1. The fraction of sp³-hybridized carbons (Fsp3) is 0.125. The van der Waals surface area contributed by atoms with Gasteiger partial charge in [-0.3, -0.25) is 4.79 Å². The molecule has 0 radical (unpaired) electrons. The average molecular weight is 434 g/mol. The van der Waals surface area contributed by atoms with Crippen LogP contribution in [-0.2, 0) is 13.0 Å². The predicted molar refractivity (Wildman–Crippen MR) is 116 cm³/mol. The van der Waals surface area contributed by atoms with Gasteiger partial charge in [-0.05, 0) is 47.9 Å². The lowest BCUT2D eigenvalue weighted by molar-refractivity contribution is 0.111. The van der Waals surface area contributed by atoms with E-state index in [0.29, 0.717) is 12.3 Å². The highest BCUT2D eigenvalue weighted by Crippen LogP contribution is 2.36. The second-order valence-electron chi connectivity index (χ2n) is 6.66. The Bertz CT molecular complexity index is 1130. The molecule has 0 N–H and O–H groups in total. The summed E-state index contributed by atoms with van der Waals surface area (Å²) in [5.74, 6) is 0.752. The van der Waals surface area contributed by atoms with E-state index in [0.717, 1.165) is 45.1 Å². The number of pyridine rings is 1. The smallest absolute Gasteiger partial charge is 0.167 e. The van der Waals surface area contributed by atoms with Crippen LogP contribution in [0.15, 0.2) is 77.4 Å². The molecule has 0 amide bonds. The van der Waals surface area contributed by atoms with E-state index in [4.69, 9.17) is 4.74 Å². The first-order chi connectivity index (χ1) is 13.7. The predicted octanol–water partition coefficient (Wildman–Crippen LogP) is 6.32. The minimum Gasteiger partial charge on any atom is -0.488 e. The number of hydrogen-bond acceptors (Lipinski definition) is 2. The van der Waals surface area contributed by atoms with Crippen LogP contribution < -0.4 is 4.74 Å². The van der Waals surface area contributed by atoms with Crippen LogP contribution in [0.2, 0.25) is 0 Å². The molecular formula is C24H20BrNO2. The molecule has 140 valence electrons. The molecule has 0 saturated carbocycles. The molecule has 0 bridgehead atoms. The number of aldehydes is 1. The molecule has 2 aromatic carbocycles. The highest BCUT2D eigenvalue weighted by atomic mass is 79.9. The van der Waals surface area contributed by atoms with Gasteiger partial charge in [0.15, 0.2) is 6.29 Å². The first kappa shape index (κ1) is 18.5. The standard InChI is InChI=1S/C24H20BrNO2/c1-2-17-8-10-20-13-21(23(15-27)26(20)14-17)22-12-19(25)9-11-24(22)28-16-18-6-4-3-5-7-18/h3-15H,2,16H2,1H3. The van der Waals surface area contributed by atoms with E-state index in [1.807, 2.05) is 65.2 Å². The number of benzene rings is 2. The Morgan fingerprint density at radius 3 is 2.54 bits per heavy atom. The Morgan fingerprint density at radius 2 is 1.79 bits per heavy atom. The molecular weight excluding hydrogens is 414 g/mol. The summed E-state index contributed by atoms with van der Waals surface area (Å²) >= 11 is 3.55. The van der Waals surface area contributed by atoms with Crippen LogP contribution >= 0.6 is 15.9 Å². The molecule has 2 heterocycles. The van der Waals surface area contributed by atoms with Crippen molar-refractivity contribution in [3.05, 3.63) is 94.2 Å². The maximum Gasteiger partial charge on any atom is 0.167 e. The number of aryl methyl sites for hydroxylation is 1. The van der Waals surface area contributed by atoms with Gasteiger partial charge in [-0.15, -0.1) is 0 Å². The molecule has 3 nitrogen and oxygen atoms in total. The van der Waals surface area contributed by atoms with Gasteiger partial charge in [0.2, 0.25) is 0 Å². The maximum absolute atomic E-state index is 12.0. The summed E-state index contributed by atoms with van der Waals surface area (Å²) in [5, 5.41) is 0. The fourth-order valence-corrected chi connectivity index (χ4v) is 3.71. The molecule has 4 heteroatoms. The summed E-state index contributed by atoms with van der Waals surface area (Å²) in [6, 6.07) is 22.1. The van der Waals surface area contributed by atoms with Crippen molar-refractivity contribution in [2.45, 2.75) is 20.0 Å². The van der Waals surface area contributed by atoms with Crippen molar-refractivity contribution < 1.29 is 9.53 Å². The number of carbonyl (C=O) groups is 1. The van der Waals surface area contributed by atoms with Gasteiger partial charge < -0.3 is 9.14 Å². The number of ether oxygens (including phenoxy) is 1. The Kier molecular flexibility index (Phi) is 5.31. The summed E-state index contributed by atoms with van der Waals surface area (Å²) in [6.45, 7) is 2.58. The zero-order valence-electron chi connectivity index (χ0n) is 15.6. The molecule has 0 aliphatic carbocycles. The summed E-state index contributed by atoms with van der Waals surface area (Å²) < 4.78 is 9.03. The van der Waals surface area contributed by atoms with E-state index in [9.17, 15) is 4.79 Å². The van der Waals surface area contributed by atoms with Crippen molar-refractivity contribution in [3.8, 4) is 16.9 Å². The van der Waals surface area contributed by atoms with Crippen LogP contribution in [0.25, 0.3) is 16.6 Å². The first-order valence-electron chi connectivity index (χ1n) is 9.25. The number of carbonyl (C=O) groups excluding carboxylic acids is 1. The number of rotatable bonds is 6. The molecule has 0 aliphatic rings. The Hall–Kier alpha value is -2.85. The fourth-order valence-electron chi connectivity index (χ4n) is 3.35. The monoisotopic (exact) mass is 433 g/mol. The van der Waals surface area contributed by atoms with Crippen LogP contribution in [0.3, 0.4) is 0 Å². The van der Waals surface area contributed by atoms with Crippen LogP contribution in [0, 0.1) is 0 Å². The second-order valence-corrected chi connectivity index (χ2v) is 7.58. The summed E-state index contributed by atoms with van der Waals surface area (Å²) in [5.41, 5.74) is 5.67. The normalized spacial score (nSPS) is 10.9. The molecule has 0 spiro atoms. The van der Waals surface area contributed by atoms with E-state index in [2.05, 4.69) is 35.0 Å². The topological polar surface area (TPSA) is 30.7 Å². The van der Waals surface area contributed by atoms with Gasteiger partial charge >= 0.3 is 0 Å². The van der Waals surface area contributed by atoms with Gasteiger partial charge in [0, 0.05) is 27.3 Å². The molecule has 0 saturated heterocycles. The number of fused-ring (bicyclic) bond motifs is 1. The highest BCUT2D eigenvalue weighted by Gasteiger charge is 2.16. The lowest BCUT2D eigenvalue weighted by Crippen LogP contribution is -1.98. The number of hydrogen-bond donors (Lipinski definition) is 0. The maximum atomic E-state index is 12.0. The zero-order chi connectivity index (χ0) is 19.5. The van der Waals surface area contributed by atoms with Gasteiger partial charge in [-0.2, -0.15) is 0 Å².